The van der Waals surface area contributed by atoms with Gasteiger partial charge >= 0.3 is 0 Å². The number of imidazole rings is 1. The van der Waals surface area contributed by atoms with Crippen molar-refractivity contribution in [1.82, 2.24) is 18.8 Å². The van der Waals surface area contributed by atoms with Crippen molar-refractivity contribution in [1.29, 1.82) is 0 Å². The SMILES string of the molecule is CN(C)CCn1ccnc1[C@H]1CCCN(S(=O)(=O)c2ccccc2)C1. The Labute approximate surface area is 150 Å². The molecule has 0 N–H and O–H groups in total. The normalized spacial score (nSPS) is 19.4. The van der Waals surface area contributed by atoms with Gasteiger partial charge < -0.3 is 9.47 Å². The molecule has 2 heterocycles. The van der Waals surface area contributed by atoms with Gasteiger partial charge in [0, 0.05) is 44.5 Å². The minimum Gasteiger partial charge on any atom is -0.333 e. The van der Waals surface area contributed by atoms with E-state index < -0.39 is 10.0 Å². The average Bonchev–Trinajstić information content (AvgIpc) is 3.09. The number of hydrogen-bond donors (Lipinski definition) is 0. The Balaban J connectivity index is 1.77. The van der Waals surface area contributed by atoms with E-state index in [0.29, 0.717) is 18.0 Å². The topological polar surface area (TPSA) is 58.4 Å². The van der Waals surface area contributed by atoms with Gasteiger partial charge in [-0.1, -0.05) is 18.2 Å². The molecule has 1 aliphatic rings. The number of rotatable bonds is 6. The van der Waals surface area contributed by atoms with Crippen molar-refractivity contribution in [3.05, 3.63) is 48.5 Å². The van der Waals surface area contributed by atoms with E-state index in [1.165, 1.54) is 0 Å². The smallest absolute Gasteiger partial charge is 0.243 e. The van der Waals surface area contributed by atoms with Gasteiger partial charge in [0.25, 0.3) is 0 Å². The Hall–Kier alpha value is -1.70. The number of likely N-dealkylation sites (N-methyl/N-ethyl adjacent to an activating group) is 1. The zero-order valence-electron chi connectivity index (χ0n) is 14.9. The molecule has 1 aliphatic heterocycles. The van der Waals surface area contributed by atoms with Gasteiger partial charge in [-0.25, -0.2) is 13.4 Å². The molecule has 136 valence electrons. The third-order valence-corrected chi connectivity index (χ3v) is 6.55. The molecular weight excluding hydrogens is 336 g/mol. The fraction of sp³-hybridized carbons (Fsp3) is 0.500. The molecule has 0 spiro atoms. The molecule has 0 saturated carbocycles. The van der Waals surface area contributed by atoms with Gasteiger partial charge in [0.05, 0.1) is 4.90 Å². The molecule has 1 atom stereocenters. The lowest BCUT2D eigenvalue weighted by molar-refractivity contribution is 0.301. The lowest BCUT2D eigenvalue weighted by Gasteiger charge is -2.32. The molecule has 0 bridgehead atoms. The van der Waals surface area contributed by atoms with Gasteiger partial charge in [0.1, 0.15) is 5.82 Å². The molecule has 1 fully saturated rings. The fourth-order valence-corrected chi connectivity index (χ4v) is 4.84. The van der Waals surface area contributed by atoms with Gasteiger partial charge in [-0.3, -0.25) is 0 Å². The summed E-state index contributed by atoms with van der Waals surface area (Å²) in [5, 5.41) is 0. The van der Waals surface area contributed by atoms with E-state index in [9.17, 15) is 8.42 Å². The number of piperidine rings is 1. The second-order valence-corrected chi connectivity index (χ2v) is 8.74. The molecule has 1 aromatic heterocycles. The van der Waals surface area contributed by atoms with Crippen molar-refractivity contribution in [3.8, 4) is 0 Å². The molecule has 25 heavy (non-hydrogen) atoms. The molecule has 0 radical (unpaired) electrons. The summed E-state index contributed by atoms with van der Waals surface area (Å²) < 4.78 is 29.6. The Morgan fingerprint density at radius 2 is 2.00 bits per heavy atom. The van der Waals surface area contributed by atoms with Crippen molar-refractivity contribution in [3.63, 3.8) is 0 Å². The van der Waals surface area contributed by atoms with E-state index in [-0.39, 0.29) is 5.92 Å². The molecule has 7 heteroatoms. The lowest BCUT2D eigenvalue weighted by atomic mass is 9.99. The van der Waals surface area contributed by atoms with E-state index in [2.05, 4.69) is 14.5 Å². The first-order valence-corrected chi connectivity index (χ1v) is 10.1. The Morgan fingerprint density at radius 3 is 2.72 bits per heavy atom. The molecule has 0 amide bonds. The van der Waals surface area contributed by atoms with Crippen LogP contribution in [-0.2, 0) is 16.6 Å². The Morgan fingerprint density at radius 1 is 1.24 bits per heavy atom. The van der Waals surface area contributed by atoms with Crippen LogP contribution in [0.15, 0.2) is 47.6 Å². The largest absolute Gasteiger partial charge is 0.333 e. The second-order valence-electron chi connectivity index (χ2n) is 6.80. The van der Waals surface area contributed by atoms with Crippen molar-refractivity contribution in [2.24, 2.45) is 0 Å². The van der Waals surface area contributed by atoms with Crippen LogP contribution < -0.4 is 0 Å². The number of benzene rings is 1. The summed E-state index contributed by atoms with van der Waals surface area (Å²) in [6.45, 7) is 2.87. The summed E-state index contributed by atoms with van der Waals surface area (Å²) in [5.74, 6) is 1.14. The quantitative estimate of drug-likeness (QED) is 0.789. The van der Waals surface area contributed by atoms with Crippen LogP contribution in [0.2, 0.25) is 0 Å². The molecule has 2 aromatic rings. The van der Waals surface area contributed by atoms with E-state index in [1.54, 1.807) is 28.6 Å². The molecule has 0 aliphatic carbocycles. The maximum Gasteiger partial charge on any atom is 0.243 e. The lowest BCUT2D eigenvalue weighted by Crippen LogP contribution is -2.39. The van der Waals surface area contributed by atoms with Gasteiger partial charge in [-0.15, -0.1) is 0 Å². The van der Waals surface area contributed by atoms with Gasteiger partial charge in [-0.05, 0) is 39.1 Å². The van der Waals surface area contributed by atoms with Crippen LogP contribution in [0.1, 0.15) is 24.6 Å². The van der Waals surface area contributed by atoms with Crippen molar-refractivity contribution < 1.29 is 8.42 Å². The second kappa shape index (κ2) is 7.68. The monoisotopic (exact) mass is 362 g/mol. The van der Waals surface area contributed by atoms with Gasteiger partial charge in [0.2, 0.25) is 10.0 Å². The highest BCUT2D eigenvalue weighted by molar-refractivity contribution is 7.89. The van der Waals surface area contributed by atoms with Gasteiger partial charge in [0.15, 0.2) is 0 Å². The highest BCUT2D eigenvalue weighted by atomic mass is 32.2. The minimum absolute atomic E-state index is 0.143. The fourth-order valence-electron chi connectivity index (χ4n) is 3.29. The number of nitrogens with zero attached hydrogens (tertiary/aromatic N) is 4. The number of aromatic nitrogens is 2. The van der Waals surface area contributed by atoms with Crippen LogP contribution in [0.5, 0.6) is 0 Å². The van der Waals surface area contributed by atoms with Crippen LogP contribution in [0, 0.1) is 0 Å². The summed E-state index contributed by atoms with van der Waals surface area (Å²) in [6, 6.07) is 8.69. The number of hydrogen-bond acceptors (Lipinski definition) is 4. The van der Waals surface area contributed by atoms with Crippen LogP contribution >= 0.6 is 0 Å². The summed E-state index contributed by atoms with van der Waals surface area (Å²) in [7, 11) is 0.657. The highest BCUT2D eigenvalue weighted by Crippen LogP contribution is 2.29. The zero-order chi connectivity index (χ0) is 17.9. The molecule has 1 saturated heterocycles. The van der Waals surface area contributed by atoms with Crippen LogP contribution in [0.3, 0.4) is 0 Å². The van der Waals surface area contributed by atoms with Crippen LogP contribution in [-0.4, -0.2) is 60.9 Å². The molecule has 1 aromatic carbocycles. The van der Waals surface area contributed by atoms with Crippen LogP contribution in [0.4, 0.5) is 0 Å². The first-order chi connectivity index (χ1) is 12.0. The predicted molar refractivity (Wildman–Crippen MR) is 98.0 cm³/mol. The maximum absolute atomic E-state index is 12.9. The van der Waals surface area contributed by atoms with Crippen molar-refractivity contribution in [2.45, 2.75) is 30.2 Å². The van der Waals surface area contributed by atoms with E-state index in [1.807, 2.05) is 32.6 Å². The minimum atomic E-state index is -3.44. The summed E-state index contributed by atoms with van der Waals surface area (Å²) in [6.07, 6.45) is 5.64. The van der Waals surface area contributed by atoms with E-state index in [0.717, 1.165) is 31.8 Å². The third-order valence-electron chi connectivity index (χ3n) is 4.67. The van der Waals surface area contributed by atoms with Gasteiger partial charge in [-0.2, -0.15) is 4.31 Å². The average molecular weight is 362 g/mol. The van der Waals surface area contributed by atoms with Crippen molar-refractivity contribution >= 4 is 10.0 Å². The first kappa shape index (κ1) is 18.1. The van der Waals surface area contributed by atoms with Crippen molar-refractivity contribution in [2.75, 3.05) is 33.7 Å². The highest BCUT2D eigenvalue weighted by Gasteiger charge is 2.32. The molecule has 0 unspecified atom stereocenters. The third kappa shape index (κ3) is 4.11. The molecule has 3 rings (SSSR count). The van der Waals surface area contributed by atoms with E-state index >= 15 is 0 Å². The van der Waals surface area contributed by atoms with Crippen LogP contribution in [0.25, 0.3) is 0 Å². The molecule has 6 nitrogen and oxygen atoms in total. The first-order valence-electron chi connectivity index (χ1n) is 8.69. The zero-order valence-corrected chi connectivity index (χ0v) is 15.7. The Kier molecular flexibility index (Phi) is 5.56. The Bertz CT molecular complexity index is 786. The summed E-state index contributed by atoms with van der Waals surface area (Å²) in [4.78, 5) is 7.03. The summed E-state index contributed by atoms with van der Waals surface area (Å²) >= 11 is 0. The summed E-state index contributed by atoms with van der Waals surface area (Å²) in [5.41, 5.74) is 0. The van der Waals surface area contributed by atoms with E-state index in [4.69, 9.17) is 0 Å². The predicted octanol–water partition coefficient (Wildman–Crippen LogP) is 2.01. The maximum atomic E-state index is 12.9. The molecular formula is C18H26N4O2S. The number of sulfonamides is 1. The standard InChI is InChI=1S/C18H26N4O2S/c1-20(2)13-14-21-12-10-19-18(21)16-7-6-11-22(15-16)25(23,24)17-8-4-3-5-9-17/h3-5,8-10,12,16H,6-7,11,13-15H2,1-2H3/t16-/m0/s1.